The summed E-state index contributed by atoms with van der Waals surface area (Å²) < 4.78 is 0. The molecule has 0 aliphatic rings. The van der Waals surface area contributed by atoms with E-state index in [1.807, 2.05) is 19.1 Å². The first-order valence-electron chi connectivity index (χ1n) is 11.2. The van der Waals surface area contributed by atoms with Gasteiger partial charge in [0.25, 0.3) is 0 Å². The molecular weight excluding hydrogens is 441 g/mol. The Bertz CT molecular complexity index is 1010. The van der Waals surface area contributed by atoms with Crippen LogP contribution in [-0.2, 0) is 12.3 Å². The van der Waals surface area contributed by atoms with Gasteiger partial charge in [0.05, 0.1) is 6.07 Å². The SMILES string of the molecule is CC(C#N)CCc1ccc(CCl)cc1.c1ccc(P(c2ccccc2)c2ccccc2)cc1. The first kappa shape index (κ1) is 24.7. The van der Waals surface area contributed by atoms with E-state index in [2.05, 4.69) is 109 Å². The molecule has 0 fully saturated rings. The van der Waals surface area contributed by atoms with Crippen LogP contribution in [0.3, 0.4) is 0 Å². The molecule has 0 aromatic heterocycles. The molecule has 0 amide bonds. The van der Waals surface area contributed by atoms with Gasteiger partial charge >= 0.3 is 0 Å². The van der Waals surface area contributed by atoms with Gasteiger partial charge in [-0.2, -0.15) is 5.26 Å². The number of benzene rings is 4. The minimum absolute atomic E-state index is 0.141. The summed E-state index contributed by atoms with van der Waals surface area (Å²) in [6.45, 7) is 1.95. The number of rotatable bonds is 7. The van der Waals surface area contributed by atoms with Crippen molar-refractivity contribution < 1.29 is 0 Å². The van der Waals surface area contributed by atoms with Crippen LogP contribution in [0.1, 0.15) is 24.5 Å². The van der Waals surface area contributed by atoms with Gasteiger partial charge in [0.1, 0.15) is 0 Å². The Balaban J connectivity index is 0.000000196. The second-order valence-corrected chi connectivity index (χ2v) is 10.3. The monoisotopic (exact) mass is 469 g/mol. The molecule has 0 radical (unpaired) electrons. The van der Waals surface area contributed by atoms with Crippen LogP contribution in [0.15, 0.2) is 115 Å². The highest BCUT2D eigenvalue weighted by Crippen LogP contribution is 2.32. The zero-order chi connectivity index (χ0) is 23.3. The standard InChI is InChI=1S/C18H15P.C12H14ClN/c1-4-10-16(11-5-1)19(17-12-6-2-7-13-17)18-14-8-3-9-15-18;1-10(9-14)2-3-11-4-6-12(8-13)7-5-11/h1-15H;4-7,10H,2-3,8H2,1H3. The normalized spacial score (nSPS) is 11.2. The van der Waals surface area contributed by atoms with Crippen LogP contribution in [-0.4, -0.2) is 0 Å². The second-order valence-electron chi connectivity index (χ2n) is 7.86. The van der Waals surface area contributed by atoms with Crippen LogP contribution in [0, 0.1) is 17.2 Å². The van der Waals surface area contributed by atoms with Gasteiger partial charge in [0.2, 0.25) is 0 Å². The van der Waals surface area contributed by atoms with E-state index in [-0.39, 0.29) is 5.92 Å². The van der Waals surface area contributed by atoms with Crippen molar-refractivity contribution in [3.05, 3.63) is 126 Å². The lowest BCUT2D eigenvalue weighted by atomic mass is 10.0. The van der Waals surface area contributed by atoms with E-state index in [1.54, 1.807) is 0 Å². The molecule has 4 rings (SSSR count). The lowest BCUT2D eigenvalue weighted by Gasteiger charge is -2.18. The summed E-state index contributed by atoms with van der Waals surface area (Å²) in [4.78, 5) is 0. The third kappa shape index (κ3) is 7.87. The zero-order valence-electron chi connectivity index (χ0n) is 18.9. The lowest BCUT2D eigenvalue weighted by Crippen LogP contribution is -2.20. The van der Waals surface area contributed by atoms with Crippen molar-refractivity contribution in [1.82, 2.24) is 0 Å². The summed E-state index contributed by atoms with van der Waals surface area (Å²) in [5.41, 5.74) is 2.42. The molecule has 166 valence electrons. The van der Waals surface area contributed by atoms with Gasteiger partial charge in [-0.3, -0.25) is 0 Å². The first-order valence-corrected chi connectivity index (χ1v) is 13.1. The van der Waals surface area contributed by atoms with Gasteiger partial charge in [-0.1, -0.05) is 115 Å². The summed E-state index contributed by atoms with van der Waals surface area (Å²) in [6.07, 6.45) is 1.90. The van der Waals surface area contributed by atoms with Crippen molar-refractivity contribution in [3.8, 4) is 6.07 Å². The van der Waals surface area contributed by atoms with E-state index in [1.165, 1.54) is 21.5 Å². The van der Waals surface area contributed by atoms with Gasteiger partial charge in [-0.05, 0) is 54.7 Å². The Morgan fingerprint density at radius 2 is 1.06 bits per heavy atom. The Labute approximate surface area is 204 Å². The molecule has 4 aromatic rings. The highest BCUT2D eigenvalue weighted by atomic mass is 35.5. The third-order valence-corrected chi connectivity index (χ3v) is 8.06. The summed E-state index contributed by atoms with van der Waals surface area (Å²) in [5, 5.41) is 12.8. The molecule has 1 atom stereocenters. The number of nitrogens with zero attached hydrogens (tertiary/aromatic N) is 1. The van der Waals surface area contributed by atoms with Crippen molar-refractivity contribution in [3.63, 3.8) is 0 Å². The number of halogens is 1. The Morgan fingerprint density at radius 3 is 1.42 bits per heavy atom. The maximum atomic E-state index is 8.63. The number of nitriles is 1. The molecule has 0 heterocycles. The molecule has 33 heavy (non-hydrogen) atoms. The van der Waals surface area contributed by atoms with E-state index in [0.29, 0.717) is 5.88 Å². The Kier molecular flexibility index (Phi) is 10.2. The fourth-order valence-corrected chi connectivity index (χ4v) is 5.90. The molecule has 0 aliphatic heterocycles. The van der Waals surface area contributed by atoms with E-state index in [4.69, 9.17) is 16.9 Å². The number of hydrogen-bond donors (Lipinski definition) is 0. The molecule has 3 heteroatoms. The van der Waals surface area contributed by atoms with E-state index >= 15 is 0 Å². The fourth-order valence-electron chi connectivity index (χ4n) is 3.42. The van der Waals surface area contributed by atoms with E-state index < -0.39 is 7.92 Å². The Morgan fingerprint density at radius 1 is 0.667 bits per heavy atom. The maximum absolute atomic E-state index is 8.63. The van der Waals surface area contributed by atoms with Gasteiger partial charge < -0.3 is 0 Å². The lowest BCUT2D eigenvalue weighted by molar-refractivity contribution is 0.660. The molecule has 4 aromatic carbocycles. The molecule has 0 bridgehead atoms. The van der Waals surface area contributed by atoms with Crippen LogP contribution in [0.25, 0.3) is 0 Å². The van der Waals surface area contributed by atoms with Gasteiger partial charge in [0.15, 0.2) is 0 Å². The number of aryl methyl sites for hydroxylation is 1. The van der Waals surface area contributed by atoms with Crippen molar-refractivity contribution in [1.29, 1.82) is 5.26 Å². The second kappa shape index (κ2) is 13.6. The highest BCUT2D eigenvalue weighted by molar-refractivity contribution is 7.79. The van der Waals surface area contributed by atoms with Crippen LogP contribution in [0.4, 0.5) is 0 Å². The summed E-state index contributed by atoms with van der Waals surface area (Å²) in [7, 11) is -0.446. The molecule has 1 unspecified atom stereocenters. The number of hydrogen-bond acceptors (Lipinski definition) is 1. The first-order chi connectivity index (χ1) is 16.2. The summed E-state index contributed by atoms with van der Waals surface area (Å²) >= 11 is 5.69. The third-order valence-electron chi connectivity index (χ3n) is 5.31. The predicted molar refractivity (Wildman–Crippen MR) is 144 cm³/mol. The Hall–Kier alpha value is -2.91. The van der Waals surface area contributed by atoms with E-state index in [9.17, 15) is 0 Å². The van der Waals surface area contributed by atoms with Crippen LogP contribution in [0.5, 0.6) is 0 Å². The molecule has 0 spiro atoms. The predicted octanol–water partition coefficient (Wildman–Crippen LogP) is 6.96. The average molecular weight is 470 g/mol. The summed E-state index contributed by atoms with van der Waals surface area (Å²) in [5.74, 6) is 0.706. The van der Waals surface area contributed by atoms with Gasteiger partial charge in [-0.25, -0.2) is 0 Å². The van der Waals surface area contributed by atoms with Crippen molar-refractivity contribution in [2.45, 2.75) is 25.6 Å². The largest absolute Gasteiger partial charge is 0.198 e. The minimum atomic E-state index is -0.446. The smallest absolute Gasteiger partial charge is 0.0652 e. The van der Waals surface area contributed by atoms with Crippen LogP contribution < -0.4 is 15.9 Å². The van der Waals surface area contributed by atoms with Crippen LogP contribution >= 0.6 is 19.5 Å². The molecule has 0 saturated heterocycles. The molecule has 1 nitrogen and oxygen atoms in total. The van der Waals surface area contributed by atoms with Gasteiger partial charge in [-0.15, -0.1) is 11.6 Å². The molecule has 0 N–H and O–H groups in total. The topological polar surface area (TPSA) is 23.8 Å². The highest BCUT2D eigenvalue weighted by Gasteiger charge is 2.15. The van der Waals surface area contributed by atoms with Crippen molar-refractivity contribution in [2.75, 3.05) is 0 Å². The van der Waals surface area contributed by atoms with E-state index in [0.717, 1.165) is 18.4 Å². The molecule has 0 saturated carbocycles. The van der Waals surface area contributed by atoms with Crippen molar-refractivity contribution in [2.24, 2.45) is 5.92 Å². The average Bonchev–Trinajstić information content (AvgIpc) is 2.90. The summed E-state index contributed by atoms with van der Waals surface area (Å²) in [6, 6.07) is 42.8. The zero-order valence-corrected chi connectivity index (χ0v) is 20.6. The quantitative estimate of drug-likeness (QED) is 0.212. The van der Waals surface area contributed by atoms with Gasteiger partial charge in [0, 0.05) is 11.8 Å². The number of alkyl halides is 1. The minimum Gasteiger partial charge on any atom is -0.198 e. The fraction of sp³-hybridized carbons (Fsp3) is 0.167. The maximum Gasteiger partial charge on any atom is 0.0652 e. The van der Waals surface area contributed by atoms with Crippen molar-refractivity contribution >= 4 is 35.4 Å². The van der Waals surface area contributed by atoms with Crippen LogP contribution in [0.2, 0.25) is 0 Å². The molecule has 0 aliphatic carbocycles. The molecular formula is C30H29ClNP.